The summed E-state index contributed by atoms with van der Waals surface area (Å²) in [4.78, 5) is 29.5. The van der Waals surface area contributed by atoms with Gasteiger partial charge in [0.25, 0.3) is 5.91 Å². The Morgan fingerprint density at radius 2 is 2.18 bits per heavy atom. The first-order valence-electron chi connectivity index (χ1n) is 8.86. The lowest BCUT2D eigenvalue weighted by Gasteiger charge is -2.06. The lowest BCUT2D eigenvalue weighted by atomic mass is 10.3. The molecule has 1 N–H and O–H groups in total. The Morgan fingerprint density at radius 1 is 1.32 bits per heavy atom. The number of hydrogen-bond donors (Lipinski definition) is 1. The zero-order valence-corrected chi connectivity index (χ0v) is 17.3. The van der Waals surface area contributed by atoms with Crippen molar-refractivity contribution in [2.45, 2.75) is 20.4 Å². The van der Waals surface area contributed by atoms with Crippen LogP contribution in [0, 0.1) is 0 Å². The van der Waals surface area contributed by atoms with Gasteiger partial charge in [-0.1, -0.05) is 17.4 Å². The molecule has 0 fully saturated rings. The summed E-state index contributed by atoms with van der Waals surface area (Å²) >= 11 is 2.98. The minimum Gasteiger partial charge on any atom is -0.380 e. The van der Waals surface area contributed by atoms with Gasteiger partial charge in [0.2, 0.25) is 5.91 Å². The highest BCUT2D eigenvalue weighted by molar-refractivity contribution is 7.16. The van der Waals surface area contributed by atoms with Crippen molar-refractivity contribution in [3.63, 3.8) is 0 Å². The molecule has 0 unspecified atom stereocenters. The van der Waals surface area contributed by atoms with E-state index in [4.69, 9.17) is 4.74 Å². The maximum Gasteiger partial charge on any atom is 0.272 e. The molecule has 28 heavy (non-hydrogen) atoms. The summed E-state index contributed by atoms with van der Waals surface area (Å²) in [6.07, 6.45) is 3.25. The average molecular weight is 416 g/mol. The van der Waals surface area contributed by atoms with Crippen LogP contribution in [0.4, 0.5) is 5.69 Å². The third-order valence-electron chi connectivity index (χ3n) is 3.81. The molecule has 2 heterocycles. The maximum atomic E-state index is 12.3. The van der Waals surface area contributed by atoms with Crippen molar-refractivity contribution in [3.05, 3.63) is 51.5 Å². The minimum absolute atomic E-state index is 0.126. The first-order chi connectivity index (χ1) is 13.6. The molecule has 0 aliphatic rings. The van der Waals surface area contributed by atoms with Gasteiger partial charge in [0.05, 0.1) is 16.8 Å². The summed E-state index contributed by atoms with van der Waals surface area (Å²) in [5, 5.41) is 4.74. The molecule has 0 aliphatic carbocycles. The van der Waals surface area contributed by atoms with E-state index in [1.165, 1.54) is 24.3 Å². The topological polar surface area (TPSA) is 72.7 Å². The van der Waals surface area contributed by atoms with Crippen LogP contribution < -0.4 is 10.1 Å². The number of carbonyl (C=O) groups is 2. The van der Waals surface area contributed by atoms with E-state index in [2.05, 4.69) is 10.3 Å². The van der Waals surface area contributed by atoms with Crippen LogP contribution >= 0.6 is 22.7 Å². The molecule has 0 saturated heterocycles. The summed E-state index contributed by atoms with van der Waals surface area (Å²) in [6, 6.07) is 9.54. The molecule has 0 saturated carbocycles. The van der Waals surface area contributed by atoms with Crippen LogP contribution in [-0.2, 0) is 20.9 Å². The van der Waals surface area contributed by atoms with Crippen molar-refractivity contribution < 1.29 is 14.3 Å². The molecule has 1 aromatic carbocycles. The SMILES string of the molecule is CCOCCn1c(=NC(=O)C=Cc2cccs2)sc2cc(NC(C)=O)ccc21. The molecule has 3 aromatic rings. The second-order valence-corrected chi connectivity index (χ2v) is 7.88. The van der Waals surface area contributed by atoms with Crippen LogP contribution in [0.25, 0.3) is 16.3 Å². The lowest BCUT2D eigenvalue weighted by Crippen LogP contribution is -2.19. The average Bonchev–Trinajstić information content (AvgIpc) is 3.28. The van der Waals surface area contributed by atoms with E-state index in [0.717, 1.165) is 15.1 Å². The first kappa shape index (κ1) is 20.2. The van der Waals surface area contributed by atoms with Crippen molar-refractivity contribution in [1.29, 1.82) is 0 Å². The van der Waals surface area contributed by atoms with Gasteiger partial charge in [-0.2, -0.15) is 4.99 Å². The summed E-state index contributed by atoms with van der Waals surface area (Å²) in [5.74, 6) is -0.439. The van der Waals surface area contributed by atoms with Crippen molar-refractivity contribution in [3.8, 4) is 0 Å². The van der Waals surface area contributed by atoms with Gasteiger partial charge in [-0.3, -0.25) is 9.59 Å². The van der Waals surface area contributed by atoms with Gasteiger partial charge in [-0.15, -0.1) is 11.3 Å². The number of amides is 2. The third-order valence-corrected chi connectivity index (χ3v) is 5.68. The molecular formula is C20H21N3O3S2. The highest BCUT2D eigenvalue weighted by atomic mass is 32.1. The Hall–Kier alpha value is -2.55. The van der Waals surface area contributed by atoms with E-state index < -0.39 is 0 Å². The number of benzene rings is 1. The van der Waals surface area contributed by atoms with Gasteiger partial charge >= 0.3 is 0 Å². The highest BCUT2D eigenvalue weighted by Crippen LogP contribution is 2.22. The van der Waals surface area contributed by atoms with Gasteiger partial charge in [0, 0.05) is 36.7 Å². The zero-order valence-electron chi connectivity index (χ0n) is 15.7. The zero-order chi connectivity index (χ0) is 19.9. The molecule has 2 amide bonds. The molecule has 3 rings (SSSR count). The van der Waals surface area contributed by atoms with Crippen LogP contribution in [0.5, 0.6) is 0 Å². The number of thiophene rings is 1. The van der Waals surface area contributed by atoms with Gasteiger partial charge < -0.3 is 14.6 Å². The molecule has 0 atom stereocenters. The fraction of sp³-hybridized carbons (Fsp3) is 0.250. The minimum atomic E-state index is -0.313. The smallest absolute Gasteiger partial charge is 0.272 e. The van der Waals surface area contributed by atoms with Gasteiger partial charge in [0.1, 0.15) is 0 Å². The summed E-state index contributed by atoms with van der Waals surface area (Å²) in [7, 11) is 0. The summed E-state index contributed by atoms with van der Waals surface area (Å²) < 4.78 is 8.39. The van der Waals surface area contributed by atoms with Gasteiger partial charge in [-0.05, 0) is 42.6 Å². The number of rotatable bonds is 7. The van der Waals surface area contributed by atoms with E-state index in [1.807, 2.05) is 47.2 Å². The van der Waals surface area contributed by atoms with E-state index in [9.17, 15) is 9.59 Å². The quantitative estimate of drug-likeness (QED) is 0.470. The predicted octanol–water partition coefficient (Wildman–Crippen LogP) is 3.90. The van der Waals surface area contributed by atoms with E-state index >= 15 is 0 Å². The van der Waals surface area contributed by atoms with Crippen LogP contribution in [0.15, 0.2) is 46.8 Å². The molecule has 0 aliphatic heterocycles. The molecule has 6 nitrogen and oxygen atoms in total. The fourth-order valence-electron chi connectivity index (χ4n) is 2.63. The number of ether oxygens (including phenoxy) is 1. The monoisotopic (exact) mass is 415 g/mol. The van der Waals surface area contributed by atoms with Crippen LogP contribution in [0.3, 0.4) is 0 Å². The van der Waals surface area contributed by atoms with Crippen molar-refractivity contribution in [2.24, 2.45) is 4.99 Å². The number of nitrogens with zero attached hydrogens (tertiary/aromatic N) is 2. The molecule has 8 heteroatoms. The standard InChI is InChI=1S/C20H21N3O3S2/c1-3-26-11-10-23-17-8-6-15(21-14(2)24)13-18(17)28-20(23)22-19(25)9-7-16-5-4-12-27-16/h4-9,12-13H,3,10-11H2,1-2H3,(H,21,24). The first-order valence-corrected chi connectivity index (χ1v) is 10.6. The second kappa shape index (κ2) is 9.59. The molecule has 0 spiro atoms. The number of aromatic nitrogens is 1. The summed E-state index contributed by atoms with van der Waals surface area (Å²) in [5.41, 5.74) is 1.67. The van der Waals surface area contributed by atoms with Crippen molar-refractivity contribution in [2.75, 3.05) is 18.5 Å². The molecule has 2 aromatic heterocycles. The molecule has 0 bridgehead atoms. The Morgan fingerprint density at radius 3 is 2.89 bits per heavy atom. The number of hydrogen-bond acceptors (Lipinski definition) is 5. The van der Waals surface area contributed by atoms with E-state index in [-0.39, 0.29) is 11.8 Å². The fourth-order valence-corrected chi connectivity index (χ4v) is 4.35. The summed E-state index contributed by atoms with van der Waals surface area (Å²) in [6.45, 7) is 5.17. The third kappa shape index (κ3) is 5.25. The lowest BCUT2D eigenvalue weighted by molar-refractivity contribution is -0.114. The predicted molar refractivity (Wildman–Crippen MR) is 115 cm³/mol. The molecule has 0 radical (unpaired) electrons. The number of nitrogens with one attached hydrogen (secondary N) is 1. The Bertz CT molecular complexity index is 1060. The van der Waals surface area contributed by atoms with Gasteiger partial charge in [0.15, 0.2) is 4.80 Å². The second-order valence-electron chi connectivity index (χ2n) is 5.90. The molecular weight excluding hydrogens is 394 g/mol. The van der Waals surface area contributed by atoms with Crippen molar-refractivity contribution in [1.82, 2.24) is 4.57 Å². The number of fused-ring (bicyclic) bond motifs is 1. The largest absolute Gasteiger partial charge is 0.380 e. The highest BCUT2D eigenvalue weighted by Gasteiger charge is 2.09. The maximum absolute atomic E-state index is 12.3. The number of carbonyl (C=O) groups excluding carboxylic acids is 2. The van der Waals surface area contributed by atoms with E-state index in [0.29, 0.717) is 30.2 Å². The van der Waals surface area contributed by atoms with Crippen molar-refractivity contribution >= 4 is 56.5 Å². The van der Waals surface area contributed by atoms with Crippen LogP contribution in [0.2, 0.25) is 0 Å². The Balaban J connectivity index is 1.96. The Labute approximate surface area is 170 Å². The van der Waals surface area contributed by atoms with Crippen LogP contribution in [-0.4, -0.2) is 29.6 Å². The Kier molecular flexibility index (Phi) is 6.91. The van der Waals surface area contributed by atoms with Crippen LogP contribution in [0.1, 0.15) is 18.7 Å². The van der Waals surface area contributed by atoms with E-state index in [1.54, 1.807) is 17.4 Å². The number of anilines is 1. The number of thiazole rings is 1. The normalized spacial score (nSPS) is 12.1. The van der Waals surface area contributed by atoms with Gasteiger partial charge in [-0.25, -0.2) is 0 Å². The molecule has 146 valence electrons.